The molecule has 19 heavy (non-hydrogen) atoms. The molecule has 1 aromatic heterocycles. The van der Waals surface area contributed by atoms with Crippen LogP contribution >= 0.6 is 0 Å². The number of hydrogen-bond acceptors (Lipinski definition) is 4. The van der Waals surface area contributed by atoms with Crippen LogP contribution in [0.25, 0.3) is 0 Å². The van der Waals surface area contributed by atoms with Crippen LogP contribution < -0.4 is 5.32 Å². The molecule has 1 heterocycles. The highest BCUT2D eigenvalue weighted by Gasteiger charge is 2.42. The lowest BCUT2D eigenvalue weighted by Gasteiger charge is -2.27. The van der Waals surface area contributed by atoms with Crippen molar-refractivity contribution in [1.82, 2.24) is 20.6 Å². The minimum absolute atomic E-state index is 0.0439. The summed E-state index contributed by atoms with van der Waals surface area (Å²) in [5.74, 6) is 0.185. The van der Waals surface area contributed by atoms with Gasteiger partial charge in [-0.15, -0.1) is 5.10 Å². The van der Waals surface area contributed by atoms with Crippen molar-refractivity contribution < 1.29 is 4.79 Å². The van der Waals surface area contributed by atoms with Crippen LogP contribution in [0.15, 0.2) is 30.3 Å². The molecule has 2 aromatic rings. The van der Waals surface area contributed by atoms with Gasteiger partial charge >= 0.3 is 0 Å². The van der Waals surface area contributed by atoms with E-state index >= 15 is 0 Å². The molecule has 98 valence electrons. The Labute approximate surface area is 110 Å². The van der Waals surface area contributed by atoms with Gasteiger partial charge in [0.25, 0.3) is 5.95 Å². The smallest absolute Gasteiger partial charge is 0.269 e. The number of amides is 1. The van der Waals surface area contributed by atoms with E-state index in [1.165, 1.54) is 0 Å². The summed E-state index contributed by atoms with van der Waals surface area (Å²) in [4.78, 5) is 12.6. The standard InChI is InChI=1S/C13H15N5O/c19-11(14-12-15-17-18-16-12)13(8-4-5-9-13)10-6-2-1-3-7-10/h1-3,6-7H,4-5,8-9H2,(H2,14,15,16,17,18,19). The van der Waals surface area contributed by atoms with Crippen LogP contribution in [-0.2, 0) is 10.2 Å². The monoisotopic (exact) mass is 257 g/mol. The van der Waals surface area contributed by atoms with Gasteiger partial charge in [-0.05, 0) is 23.6 Å². The summed E-state index contributed by atoms with van der Waals surface area (Å²) in [5, 5.41) is 16.1. The van der Waals surface area contributed by atoms with E-state index in [1.54, 1.807) is 0 Å². The van der Waals surface area contributed by atoms with E-state index in [2.05, 4.69) is 25.9 Å². The van der Waals surface area contributed by atoms with Crippen LogP contribution in [0, 0.1) is 0 Å². The summed E-state index contributed by atoms with van der Waals surface area (Å²) >= 11 is 0. The van der Waals surface area contributed by atoms with E-state index in [1.807, 2.05) is 30.3 Å². The fraction of sp³-hybridized carbons (Fsp3) is 0.385. The van der Waals surface area contributed by atoms with E-state index in [-0.39, 0.29) is 11.9 Å². The summed E-state index contributed by atoms with van der Waals surface area (Å²) in [6, 6.07) is 9.93. The molecule has 6 nitrogen and oxygen atoms in total. The van der Waals surface area contributed by atoms with E-state index in [0.717, 1.165) is 31.2 Å². The Hall–Kier alpha value is -2.24. The van der Waals surface area contributed by atoms with Crippen LogP contribution in [0.2, 0.25) is 0 Å². The van der Waals surface area contributed by atoms with Gasteiger partial charge in [-0.1, -0.05) is 48.3 Å². The maximum absolute atomic E-state index is 12.6. The normalized spacial score (nSPS) is 17.3. The van der Waals surface area contributed by atoms with E-state index in [9.17, 15) is 4.79 Å². The third-order valence-electron chi connectivity index (χ3n) is 3.79. The summed E-state index contributed by atoms with van der Waals surface area (Å²) in [6.07, 6.45) is 3.85. The number of carbonyl (C=O) groups excluding carboxylic acids is 1. The van der Waals surface area contributed by atoms with Crippen molar-refractivity contribution in [2.75, 3.05) is 5.32 Å². The van der Waals surface area contributed by atoms with Gasteiger partial charge in [-0.2, -0.15) is 5.21 Å². The predicted molar refractivity (Wildman–Crippen MR) is 69.4 cm³/mol. The molecule has 6 heteroatoms. The quantitative estimate of drug-likeness (QED) is 0.875. The number of anilines is 1. The van der Waals surface area contributed by atoms with Gasteiger partial charge in [0.2, 0.25) is 5.91 Å². The average molecular weight is 257 g/mol. The van der Waals surface area contributed by atoms with Crippen molar-refractivity contribution in [2.24, 2.45) is 0 Å². The lowest BCUT2D eigenvalue weighted by molar-refractivity contribution is -0.121. The fourth-order valence-corrected chi connectivity index (χ4v) is 2.82. The zero-order chi connectivity index (χ0) is 13.1. The van der Waals surface area contributed by atoms with E-state index < -0.39 is 5.41 Å². The molecule has 3 rings (SSSR count). The third kappa shape index (κ3) is 2.09. The molecule has 1 aromatic carbocycles. The molecule has 1 amide bonds. The second-order valence-corrected chi connectivity index (χ2v) is 4.84. The summed E-state index contributed by atoms with van der Waals surface area (Å²) in [6.45, 7) is 0. The first-order chi connectivity index (χ1) is 9.31. The number of rotatable bonds is 3. The molecule has 2 N–H and O–H groups in total. The lowest BCUT2D eigenvalue weighted by atomic mass is 9.78. The minimum atomic E-state index is -0.456. The Bertz CT molecular complexity index is 546. The zero-order valence-electron chi connectivity index (χ0n) is 10.5. The number of benzene rings is 1. The van der Waals surface area contributed by atoms with Crippen LogP contribution in [0.1, 0.15) is 31.2 Å². The second kappa shape index (κ2) is 4.79. The topological polar surface area (TPSA) is 83.6 Å². The van der Waals surface area contributed by atoms with E-state index in [0.29, 0.717) is 0 Å². The van der Waals surface area contributed by atoms with Crippen LogP contribution in [0.3, 0.4) is 0 Å². The highest BCUT2D eigenvalue weighted by molar-refractivity contribution is 5.98. The fourth-order valence-electron chi connectivity index (χ4n) is 2.82. The first kappa shape index (κ1) is 11.8. The molecule has 1 saturated carbocycles. The molecular formula is C13H15N5O. The minimum Gasteiger partial charge on any atom is -0.291 e. The SMILES string of the molecule is O=C(Nc1nn[nH]n1)C1(c2ccccc2)CCCC1. The van der Waals surface area contributed by atoms with Crippen LogP contribution in [0.5, 0.6) is 0 Å². The molecule has 0 radical (unpaired) electrons. The van der Waals surface area contributed by atoms with Gasteiger partial charge in [0, 0.05) is 0 Å². The second-order valence-electron chi connectivity index (χ2n) is 4.84. The lowest BCUT2D eigenvalue weighted by Crippen LogP contribution is -2.38. The van der Waals surface area contributed by atoms with Crippen LogP contribution in [0.4, 0.5) is 5.95 Å². The van der Waals surface area contributed by atoms with Gasteiger partial charge in [0.15, 0.2) is 0 Å². The number of carbonyl (C=O) groups is 1. The van der Waals surface area contributed by atoms with Crippen molar-refractivity contribution in [3.63, 3.8) is 0 Å². The maximum Gasteiger partial charge on any atom is 0.269 e. The zero-order valence-corrected chi connectivity index (χ0v) is 10.5. The number of H-pyrrole nitrogens is 1. The Balaban J connectivity index is 1.90. The van der Waals surface area contributed by atoms with Gasteiger partial charge < -0.3 is 0 Å². The van der Waals surface area contributed by atoms with Crippen molar-refractivity contribution in [3.05, 3.63) is 35.9 Å². The molecule has 0 unspecified atom stereocenters. The van der Waals surface area contributed by atoms with Crippen molar-refractivity contribution >= 4 is 11.9 Å². The number of hydrogen-bond donors (Lipinski definition) is 2. The molecule has 1 aliphatic rings. The Morgan fingerprint density at radius 1 is 1.21 bits per heavy atom. The Morgan fingerprint density at radius 2 is 1.95 bits per heavy atom. The van der Waals surface area contributed by atoms with Gasteiger partial charge in [0.05, 0.1) is 5.41 Å². The first-order valence-electron chi connectivity index (χ1n) is 6.42. The summed E-state index contributed by atoms with van der Waals surface area (Å²) in [5.41, 5.74) is 0.607. The first-order valence-corrected chi connectivity index (χ1v) is 6.42. The molecular weight excluding hydrogens is 242 g/mol. The van der Waals surface area contributed by atoms with E-state index in [4.69, 9.17) is 0 Å². The highest BCUT2D eigenvalue weighted by Crippen LogP contribution is 2.41. The molecule has 0 saturated heterocycles. The van der Waals surface area contributed by atoms with Gasteiger partial charge in [-0.3, -0.25) is 10.1 Å². The Morgan fingerprint density at radius 3 is 2.58 bits per heavy atom. The molecule has 1 aliphatic carbocycles. The number of aromatic nitrogens is 4. The predicted octanol–water partition coefficient (Wildman–Crippen LogP) is 1.65. The third-order valence-corrected chi connectivity index (χ3v) is 3.79. The summed E-state index contributed by atoms with van der Waals surface area (Å²) < 4.78 is 0. The molecule has 0 aliphatic heterocycles. The van der Waals surface area contributed by atoms with Crippen molar-refractivity contribution in [1.29, 1.82) is 0 Å². The van der Waals surface area contributed by atoms with Crippen molar-refractivity contribution in [2.45, 2.75) is 31.1 Å². The Kier molecular flexibility index (Phi) is 2.98. The number of aromatic amines is 1. The average Bonchev–Trinajstić information content (AvgIpc) is 3.11. The highest BCUT2D eigenvalue weighted by atomic mass is 16.2. The number of nitrogens with one attached hydrogen (secondary N) is 2. The van der Waals surface area contributed by atoms with Gasteiger partial charge in [-0.25, -0.2) is 0 Å². The molecule has 0 bridgehead atoms. The number of tetrazole rings is 1. The molecule has 1 fully saturated rings. The van der Waals surface area contributed by atoms with Crippen molar-refractivity contribution in [3.8, 4) is 0 Å². The number of nitrogens with zero attached hydrogens (tertiary/aromatic N) is 3. The van der Waals surface area contributed by atoms with Gasteiger partial charge in [0.1, 0.15) is 0 Å². The molecule has 0 atom stereocenters. The molecule has 0 spiro atoms. The largest absolute Gasteiger partial charge is 0.291 e. The summed E-state index contributed by atoms with van der Waals surface area (Å²) in [7, 11) is 0. The maximum atomic E-state index is 12.6. The van der Waals surface area contributed by atoms with Crippen LogP contribution in [-0.4, -0.2) is 26.5 Å².